The zero-order chi connectivity index (χ0) is 15.1. The Morgan fingerprint density at radius 2 is 2.00 bits per heavy atom. The van der Waals surface area contributed by atoms with Crippen LogP contribution >= 0.6 is 0 Å². The molecule has 2 rings (SSSR count). The van der Waals surface area contributed by atoms with Gasteiger partial charge in [-0.2, -0.15) is 5.10 Å². The molecule has 114 valence electrons. The molecule has 0 aliphatic rings. The minimum Gasteiger partial charge on any atom is -0.271 e. The molecular weight excluding hydrogens is 286 g/mol. The number of unbranched alkanes of at least 4 members (excludes halogenated alkanes) is 1. The van der Waals surface area contributed by atoms with Crippen LogP contribution in [0.25, 0.3) is 0 Å². The Hall–Kier alpha value is -1.66. The molecule has 21 heavy (non-hydrogen) atoms. The van der Waals surface area contributed by atoms with Crippen LogP contribution < -0.4 is 4.72 Å². The van der Waals surface area contributed by atoms with Crippen molar-refractivity contribution in [3.05, 3.63) is 54.4 Å². The van der Waals surface area contributed by atoms with Crippen LogP contribution in [-0.4, -0.2) is 24.0 Å². The Bertz CT molecular complexity index is 624. The summed E-state index contributed by atoms with van der Waals surface area (Å²) in [7, 11) is -3.29. The van der Waals surface area contributed by atoms with Gasteiger partial charge in [-0.05, 0) is 18.1 Å². The standard InChI is InChI=1S/C15H21N3O2S/c1-2-3-12-21(19,20)17-15(13-18-11-7-10-16-18)14-8-5-4-6-9-14/h4-11,15,17H,2-3,12-13H2,1H3. The first-order chi connectivity index (χ1) is 10.1. The average Bonchev–Trinajstić information content (AvgIpc) is 2.98. The van der Waals surface area contributed by atoms with Gasteiger partial charge in [-0.15, -0.1) is 0 Å². The van der Waals surface area contributed by atoms with E-state index in [2.05, 4.69) is 9.82 Å². The van der Waals surface area contributed by atoms with Crippen LogP contribution in [0.3, 0.4) is 0 Å². The highest BCUT2D eigenvalue weighted by Crippen LogP contribution is 2.16. The Morgan fingerprint density at radius 1 is 1.24 bits per heavy atom. The van der Waals surface area contributed by atoms with Crippen molar-refractivity contribution in [2.24, 2.45) is 0 Å². The molecule has 5 nitrogen and oxygen atoms in total. The summed E-state index contributed by atoms with van der Waals surface area (Å²) >= 11 is 0. The van der Waals surface area contributed by atoms with Crippen LogP contribution in [0.4, 0.5) is 0 Å². The topological polar surface area (TPSA) is 64.0 Å². The fourth-order valence-corrected chi connectivity index (χ4v) is 3.53. The molecule has 0 spiro atoms. The van der Waals surface area contributed by atoms with Gasteiger partial charge in [-0.3, -0.25) is 4.68 Å². The number of aromatic nitrogens is 2. The SMILES string of the molecule is CCCCS(=O)(=O)NC(Cn1cccn1)c1ccccc1. The number of rotatable bonds is 8. The molecule has 0 saturated heterocycles. The molecule has 0 radical (unpaired) electrons. The Labute approximate surface area is 126 Å². The normalized spacial score (nSPS) is 13.2. The number of nitrogens with one attached hydrogen (secondary N) is 1. The highest BCUT2D eigenvalue weighted by Gasteiger charge is 2.19. The first kappa shape index (κ1) is 15.7. The quantitative estimate of drug-likeness (QED) is 0.814. The van der Waals surface area contributed by atoms with Crippen LogP contribution in [0.5, 0.6) is 0 Å². The molecule has 1 unspecified atom stereocenters. The molecule has 1 heterocycles. The van der Waals surface area contributed by atoms with Crippen LogP contribution in [0, 0.1) is 0 Å². The maximum absolute atomic E-state index is 12.2. The summed E-state index contributed by atoms with van der Waals surface area (Å²) in [5.74, 6) is 0.159. The molecule has 2 aromatic rings. The van der Waals surface area contributed by atoms with E-state index in [1.54, 1.807) is 10.9 Å². The lowest BCUT2D eigenvalue weighted by Crippen LogP contribution is -2.33. The second kappa shape index (κ2) is 7.38. The largest absolute Gasteiger partial charge is 0.271 e. The van der Waals surface area contributed by atoms with Crippen molar-refractivity contribution in [2.45, 2.75) is 32.4 Å². The molecule has 1 aromatic carbocycles. The summed E-state index contributed by atoms with van der Waals surface area (Å²) in [6.07, 6.45) is 5.04. The lowest BCUT2D eigenvalue weighted by molar-refractivity contribution is 0.482. The third-order valence-corrected chi connectivity index (χ3v) is 4.69. The van der Waals surface area contributed by atoms with Gasteiger partial charge in [0.05, 0.1) is 18.3 Å². The van der Waals surface area contributed by atoms with Gasteiger partial charge in [0.2, 0.25) is 10.0 Å². The number of benzene rings is 1. The van der Waals surface area contributed by atoms with E-state index in [1.165, 1.54) is 0 Å². The summed E-state index contributed by atoms with van der Waals surface area (Å²) in [6.45, 7) is 2.45. The van der Waals surface area contributed by atoms with Gasteiger partial charge < -0.3 is 0 Å². The monoisotopic (exact) mass is 307 g/mol. The van der Waals surface area contributed by atoms with E-state index in [0.29, 0.717) is 13.0 Å². The van der Waals surface area contributed by atoms with Gasteiger partial charge in [0, 0.05) is 12.4 Å². The molecule has 1 aromatic heterocycles. The van der Waals surface area contributed by atoms with Gasteiger partial charge in [0.25, 0.3) is 0 Å². The van der Waals surface area contributed by atoms with Crippen molar-refractivity contribution < 1.29 is 8.42 Å². The number of nitrogens with zero attached hydrogens (tertiary/aromatic N) is 2. The number of hydrogen-bond acceptors (Lipinski definition) is 3. The second-order valence-electron chi connectivity index (χ2n) is 4.98. The maximum atomic E-state index is 12.2. The second-order valence-corrected chi connectivity index (χ2v) is 6.86. The zero-order valence-corrected chi connectivity index (χ0v) is 13.0. The van der Waals surface area contributed by atoms with E-state index in [9.17, 15) is 8.42 Å². The van der Waals surface area contributed by atoms with Gasteiger partial charge in [-0.25, -0.2) is 13.1 Å². The van der Waals surface area contributed by atoms with Crippen molar-refractivity contribution in [1.82, 2.24) is 14.5 Å². The van der Waals surface area contributed by atoms with E-state index >= 15 is 0 Å². The van der Waals surface area contributed by atoms with Gasteiger partial charge >= 0.3 is 0 Å². The van der Waals surface area contributed by atoms with E-state index in [0.717, 1.165) is 12.0 Å². The number of hydrogen-bond donors (Lipinski definition) is 1. The maximum Gasteiger partial charge on any atom is 0.212 e. The molecule has 1 N–H and O–H groups in total. The molecular formula is C15H21N3O2S. The predicted molar refractivity (Wildman–Crippen MR) is 83.2 cm³/mol. The molecule has 0 bridgehead atoms. The average molecular weight is 307 g/mol. The number of sulfonamides is 1. The van der Waals surface area contributed by atoms with E-state index < -0.39 is 10.0 Å². The van der Waals surface area contributed by atoms with Crippen LogP contribution in [0.15, 0.2) is 48.8 Å². The molecule has 0 aliphatic heterocycles. The third kappa shape index (κ3) is 4.99. The summed E-state index contributed by atoms with van der Waals surface area (Å²) < 4.78 is 28.9. The summed E-state index contributed by atoms with van der Waals surface area (Å²) in [5, 5.41) is 4.16. The minimum absolute atomic E-state index is 0.159. The molecule has 1 atom stereocenters. The lowest BCUT2D eigenvalue weighted by Gasteiger charge is -2.19. The van der Waals surface area contributed by atoms with Crippen molar-refractivity contribution in [3.8, 4) is 0 Å². The molecule has 0 fully saturated rings. The fraction of sp³-hybridized carbons (Fsp3) is 0.400. The summed E-state index contributed by atoms with van der Waals surface area (Å²) in [4.78, 5) is 0. The first-order valence-corrected chi connectivity index (χ1v) is 8.78. The van der Waals surface area contributed by atoms with Gasteiger partial charge in [-0.1, -0.05) is 43.7 Å². The lowest BCUT2D eigenvalue weighted by atomic mass is 10.1. The fourth-order valence-electron chi connectivity index (χ4n) is 2.10. The van der Waals surface area contributed by atoms with Crippen LogP contribution in [-0.2, 0) is 16.6 Å². The van der Waals surface area contributed by atoms with Crippen LogP contribution in [0.2, 0.25) is 0 Å². The molecule has 0 saturated carbocycles. The Balaban J connectivity index is 2.16. The summed E-state index contributed by atoms with van der Waals surface area (Å²) in [5.41, 5.74) is 0.938. The van der Waals surface area contributed by atoms with E-state index in [1.807, 2.05) is 49.5 Å². The zero-order valence-electron chi connectivity index (χ0n) is 12.1. The Morgan fingerprint density at radius 3 is 2.62 bits per heavy atom. The third-order valence-electron chi connectivity index (χ3n) is 3.22. The van der Waals surface area contributed by atoms with Gasteiger partial charge in [0.1, 0.15) is 0 Å². The van der Waals surface area contributed by atoms with Crippen molar-refractivity contribution >= 4 is 10.0 Å². The molecule has 0 amide bonds. The van der Waals surface area contributed by atoms with Crippen molar-refractivity contribution in [3.63, 3.8) is 0 Å². The predicted octanol–water partition coefficient (Wildman–Crippen LogP) is 2.34. The first-order valence-electron chi connectivity index (χ1n) is 7.13. The molecule has 0 aliphatic carbocycles. The molecule has 6 heteroatoms. The van der Waals surface area contributed by atoms with Gasteiger partial charge in [0.15, 0.2) is 0 Å². The Kier molecular flexibility index (Phi) is 5.52. The van der Waals surface area contributed by atoms with Crippen molar-refractivity contribution in [1.29, 1.82) is 0 Å². The smallest absolute Gasteiger partial charge is 0.212 e. The van der Waals surface area contributed by atoms with Crippen molar-refractivity contribution in [2.75, 3.05) is 5.75 Å². The van der Waals surface area contributed by atoms with Crippen LogP contribution in [0.1, 0.15) is 31.4 Å². The highest BCUT2D eigenvalue weighted by molar-refractivity contribution is 7.89. The minimum atomic E-state index is -3.29. The highest BCUT2D eigenvalue weighted by atomic mass is 32.2. The summed E-state index contributed by atoms with van der Waals surface area (Å²) in [6, 6.07) is 11.1. The van der Waals surface area contributed by atoms with E-state index in [-0.39, 0.29) is 11.8 Å². The van der Waals surface area contributed by atoms with E-state index in [4.69, 9.17) is 0 Å².